The quantitative estimate of drug-likeness (QED) is 0.0699. The van der Waals surface area contributed by atoms with Crippen LogP contribution in [0.2, 0.25) is 0 Å². The van der Waals surface area contributed by atoms with Crippen molar-refractivity contribution in [3.63, 3.8) is 0 Å². The highest BCUT2D eigenvalue weighted by molar-refractivity contribution is 6.19. The van der Waals surface area contributed by atoms with Crippen LogP contribution in [-0.2, 0) is 7.05 Å². The molecule has 294 valence electrons. The number of hydrazine groups is 1. The summed E-state index contributed by atoms with van der Waals surface area (Å²) in [5.74, 6) is 8.05. The molecule has 1 unspecified atom stereocenters. The Morgan fingerprint density at radius 3 is 1.69 bits per heavy atom. The zero-order valence-corrected chi connectivity index (χ0v) is 34.0. The van der Waals surface area contributed by atoms with E-state index in [1.807, 2.05) is 24.3 Å². The van der Waals surface area contributed by atoms with Gasteiger partial charge in [-0.3, -0.25) is 11.7 Å². The van der Waals surface area contributed by atoms with Crippen molar-refractivity contribution in [1.29, 1.82) is 0 Å². The molecule has 0 bridgehead atoms. The minimum absolute atomic E-state index is 0.0478. The second kappa shape index (κ2) is 18.1. The highest BCUT2D eigenvalue weighted by Crippen LogP contribution is 2.38. The van der Waals surface area contributed by atoms with Crippen LogP contribution < -0.4 is 23.2 Å². The molecular weight excluding hydrogens is 721 g/mol. The van der Waals surface area contributed by atoms with E-state index >= 15 is 0 Å². The van der Waals surface area contributed by atoms with Crippen LogP contribution in [0.3, 0.4) is 0 Å². The highest BCUT2D eigenvalue weighted by atomic mass is 15.0. The Hall–Kier alpha value is -6.96. The Labute approximate surface area is 346 Å². The first-order valence-electron chi connectivity index (χ1n) is 19.9. The van der Waals surface area contributed by atoms with Crippen molar-refractivity contribution in [2.24, 2.45) is 30.2 Å². The number of allylic oxidation sites excluding steroid dienone is 7. The summed E-state index contributed by atoms with van der Waals surface area (Å²) in [4.78, 5) is 0. The van der Waals surface area contributed by atoms with E-state index in [-0.39, 0.29) is 12.0 Å². The molecule has 0 aliphatic rings. The van der Waals surface area contributed by atoms with Gasteiger partial charge in [0, 0.05) is 51.8 Å². The lowest BCUT2D eigenvalue weighted by Crippen LogP contribution is -2.30. The molecule has 2 aromatic heterocycles. The van der Waals surface area contributed by atoms with Gasteiger partial charge in [0.25, 0.3) is 0 Å². The van der Waals surface area contributed by atoms with E-state index in [1.165, 1.54) is 82.5 Å². The van der Waals surface area contributed by atoms with Gasteiger partial charge in [0.2, 0.25) is 0 Å². The maximum Gasteiger partial charge on any atom is 0.0562 e. The molecule has 6 nitrogen and oxygen atoms in total. The fourth-order valence-corrected chi connectivity index (χ4v) is 8.36. The van der Waals surface area contributed by atoms with Gasteiger partial charge < -0.3 is 20.6 Å². The first kappa shape index (κ1) is 40.2. The summed E-state index contributed by atoms with van der Waals surface area (Å²) in [5.41, 5.74) is 22.0. The first-order valence-corrected chi connectivity index (χ1v) is 19.9. The predicted molar refractivity (Wildman–Crippen MR) is 256 cm³/mol. The van der Waals surface area contributed by atoms with Crippen molar-refractivity contribution in [2.45, 2.75) is 25.8 Å². The number of rotatable bonds is 8. The fourth-order valence-electron chi connectivity index (χ4n) is 8.36. The minimum Gasteiger partial charge on any atom is -0.405 e. The van der Waals surface area contributed by atoms with Crippen LogP contribution in [0.15, 0.2) is 200 Å². The van der Waals surface area contributed by atoms with Gasteiger partial charge >= 0.3 is 0 Å². The van der Waals surface area contributed by atoms with Crippen LogP contribution in [0.5, 0.6) is 0 Å². The number of hydrogen-bond acceptors (Lipinski definition) is 4. The van der Waals surface area contributed by atoms with Crippen molar-refractivity contribution >= 4 is 70.9 Å². The van der Waals surface area contributed by atoms with Crippen LogP contribution >= 0.6 is 0 Å². The van der Waals surface area contributed by atoms with Gasteiger partial charge in [-0.1, -0.05) is 158 Å². The van der Waals surface area contributed by atoms with Gasteiger partial charge in [0.05, 0.1) is 16.6 Å². The fraction of sp³-hybridized carbons (Fsp3) is 0.0943. The molecule has 2 heterocycles. The van der Waals surface area contributed by atoms with Crippen LogP contribution in [-0.4, -0.2) is 15.2 Å². The molecular formula is C53H52N6. The molecule has 6 heteroatoms. The molecule has 1 atom stereocenters. The van der Waals surface area contributed by atoms with E-state index in [2.05, 4.69) is 206 Å². The topological polar surface area (TPSA) is 114 Å². The molecule has 0 aliphatic carbocycles. The Kier molecular flexibility index (Phi) is 12.3. The molecule has 59 heavy (non-hydrogen) atoms. The minimum atomic E-state index is -0.159. The molecule has 0 saturated heterocycles. The molecule has 9 aromatic rings. The number of para-hydroxylation sites is 2. The van der Waals surface area contributed by atoms with Gasteiger partial charge in [-0.2, -0.15) is 0 Å². The summed E-state index contributed by atoms with van der Waals surface area (Å²) in [6.07, 6.45) is 13.5. The van der Waals surface area contributed by atoms with Gasteiger partial charge in [0.15, 0.2) is 0 Å². The van der Waals surface area contributed by atoms with E-state index in [1.54, 1.807) is 0 Å². The molecule has 9 rings (SSSR count). The third-order valence-corrected chi connectivity index (χ3v) is 11.3. The van der Waals surface area contributed by atoms with E-state index in [0.717, 1.165) is 11.3 Å². The molecule has 8 N–H and O–H groups in total. The Bertz CT molecular complexity index is 2980. The predicted octanol–water partition coefficient (Wildman–Crippen LogP) is 11.7. The summed E-state index contributed by atoms with van der Waals surface area (Å²) in [6, 6.07) is 52.0. The van der Waals surface area contributed by atoms with Crippen LogP contribution in [0.25, 0.3) is 70.9 Å². The molecule has 0 aliphatic heterocycles. The number of benzene rings is 7. The number of fused-ring (bicyclic) bond motifs is 8. The van der Waals surface area contributed by atoms with E-state index < -0.39 is 0 Å². The zero-order valence-electron chi connectivity index (χ0n) is 34.0. The maximum atomic E-state index is 6.81. The summed E-state index contributed by atoms with van der Waals surface area (Å²) < 4.78 is 4.64. The van der Waals surface area contributed by atoms with Gasteiger partial charge in [-0.05, 0) is 89.1 Å². The van der Waals surface area contributed by atoms with Gasteiger partial charge in [-0.25, -0.2) is 0 Å². The average molecular weight is 773 g/mol. The number of nitrogens with zero attached hydrogens (tertiary/aromatic N) is 2. The van der Waals surface area contributed by atoms with Crippen molar-refractivity contribution in [3.8, 4) is 0 Å². The van der Waals surface area contributed by atoms with Crippen LogP contribution in [0.4, 0.5) is 0 Å². The van der Waals surface area contributed by atoms with Crippen molar-refractivity contribution < 1.29 is 0 Å². The largest absolute Gasteiger partial charge is 0.405 e. The number of aryl methyl sites for hydroxylation is 1. The Balaban J connectivity index is 0.000000172. The SMILES string of the molecule is C/C(=C\C=C/N)C(N)C(c1ccc2ccccc2c1)c1ccc2ccccc2c1.C=C/C=C\C(=C/C)n1c2ccccc2c2cc3c4ccccc4n(C)c3cc21.NN. The number of nitrogens with two attached hydrogens (primary N) is 4. The van der Waals surface area contributed by atoms with Crippen molar-refractivity contribution in [3.05, 3.63) is 212 Å². The van der Waals surface area contributed by atoms with Gasteiger partial charge in [0.1, 0.15) is 0 Å². The van der Waals surface area contributed by atoms with Crippen molar-refractivity contribution in [1.82, 2.24) is 9.13 Å². The third-order valence-electron chi connectivity index (χ3n) is 11.3. The van der Waals surface area contributed by atoms with Gasteiger partial charge in [-0.15, -0.1) is 0 Å². The maximum absolute atomic E-state index is 6.81. The molecule has 0 fully saturated rings. The Morgan fingerprint density at radius 2 is 1.12 bits per heavy atom. The smallest absolute Gasteiger partial charge is 0.0562 e. The highest BCUT2D eigenvalue weighted by Gasteiger charge is 2.24. The second-order valence-electron chi connectivity index (χ2n) is 14.6. The standard InChI is InChI=1S/C27H26N2.C26H22N2.H4N2/c1-19(7-6-16-28)27(29)26(24-14-12-20-8-2-4-10-22(20)17-24)25-15-13-21-9-3-5-11-23(21)18-25;1-4-6-11-18(5-2)28-24-15-10-8-13-20(24)22-16-21-19-12-7-9-14-23(19)27(3)25(21)17-26(22)28;1-2/h2-18,26-27H,28-29H2,1H3;4-17H,1H2,2-3H3;1-2H2/b16-6-,19-7+;11-6-,18-5+;. The number of aromatic nitrogens is 2. The van der Waals surface area contributed by atoms with Crippen LogP contribution in [0, 0.1) is 0 Å². The summed E-state index contributed by atoms with van der Waals surface area (Å²) in [6.45, 7) is 7.97. The van der Waals surface area contributed by atoms with Crippen LogP contribution in [0.1, 0.15) is 30.9 Å². The molecule has 0 saturated carbocycles. The van der Waals surface area contributed by atoms with Crippen molar-refractivity contribution in [2.75, 3.05) is 0 Å². The second-order valence-corrected chi connectivity index (χ2v) is 14.6. The molecule has 0 radical (unpaired) electrons. The molecule has 0 spiro atoms. The van der Waals surface area contributed by atoms with E-state index in [0.29, 0.717) is 0 Å². The first-order chi connectivity index (χ1) is 28.9. The summed E-state index contributed by atoms with van der Waals surface area (Å²) in [7, 11) is 2.15. The molecule has 7 aromatic carbocycles. The normalized spacial score (nSPS) is 12.9. The lowest BCUT2D eigenvalue weighted by Gasteiger charge is -2.26. The third kappa shape index (κ3) is 7.85. The number of hydrogen-bond donors (Lipinski definition) is 4. The lowest BCUT2D eigenvalue weighted by molar-refractivity contribution is 0.669. The average Bonchev–Trinajstić information content (AvgIpc) is 3.76. The monoisotopic (exact) mass is 772 g/mol. The Morgan fingerprint density at radius 1 is 0.593 bits per heavy atom. The van der Waals surface area contributed by atoms with E-state index in [4.69, 9.17) is 11.5 Å². The van der Waals surface area contributed by atoms with E-state index in [9.17, 15) is 0 Å². The molecule has 0 amide bonds. The lowest BCUT2D eigenvalue weighted by atomic mass is 9.81. The zero-order chi connectivity index (χ0) is 41.5. The summed E-state index contributed by atoms with van der Waals surface area (Å²) >= 11 is 0. The summed E-state index contributed by atoms with van der Waals surface area (Å²) in [5, 5.41) is 10.1.